The fraction of sp³-hybridized carbons (Fsp3) is 0.600. The van der Waals surface area contributed by atoms with Crippen LogP contribution in [-0.2, 0) is 12.8 Å². The van der Waals surface area contributed by atoms with E-state index in [-0.39, 0.29) is 0 Å². The molecule has 0 spiro atoms. The lowest BCUT2D eigenvalue weighted by molar-refractivity contribution is 0.554. The van der Waals surface area contributed by atoms with Crippen molar-refractivity contribution in [2.24, 2.45) is 5.92 Å². The summed E-state index contributed by atoms with van der Waals surface area (Å²) in [5, 5.41) is 6.65. The molecule has 0 amide bonds. The van der Waals surface area contributed by atoms with Crippen LogP contribution in [0, 0.1) is 5.92 Å². The maximum absolute atomic E-state index is 3.47. The zero-order valence-electron chi connectivity index (χ0n) is 11.4. The van der Waals surface area contributed by atoms with Crippen LogP contribution in [-0.4, -0.2) is 26.7 Å². The summed E-state index contributed by atoms with van der Waals surface area (Å²) < 4.78 is 0. The predicted molar refractivity (Wildman–Crippen MR) is 75.5 cm³/mol. The highest BCUT2D eigenvalue weighted by Crippen LogP contribution is 2.05. The van der Waals surface area contributed by atoms with E-state index in [0.29, 0.717) is 0 Å². The van der Waals surface area contributed by atoms with Gasteiger partial charge in [-0.1, -0.05) is 38.1 Å². The maximum Gasteiger partial charge on any atom is -0.000824 e. The molecule has 0 radical (unpaired) electrons. The van der Waals surface area contributed by atoms with Crippen LogP contribution >= 0.6 is 0 Å². The molecular formula is C15H26N2. The van der Waals surface area contributed by atoms with E-state index in [1.807, 2.05) is 7.05 Å². The molecule has 0 bridgehead atoms. The third kappa shape index (κ3) is 6.44. The third-order valence-corrected chi connectivity index (χ3v) is 2.83. The van der Waals surface area contributed by atoms with Crippen molar-refractivity contribution in [3.05, 3.63) is 35.4 Å². The Morgan fingerprint density at radius 2 is 1.47 bits per heavy atom. The van der Waals surface area contributed by atoms with Crippen LogP contribution in [0.25, 0.3) is 0 Å². The van der Waals surface area contributed by atoms with Crippen LogP contribution in [0.15, 0.2) is 24.3 Å². The average molecular weight is 234 g/mol. The van der Waals surface area contributed by atoms with Gasteiger partial charge < -0.3 is 10.6 Å². The molecule has 0 aromatic heterocycles. The second-order valence-electron chi connectivity index (χ2n) is 5.02. The van der Waals surface area contributed by atoms with Crippen LogP contribution in [0.5, 0.6) is 0 Å². The molecule has 96 valence electrons. The van der Waals surface area contributed by atoms with E-state index in [0.717, 1.165) is 38.4 Å². The van der Waals surface area contributed by atoms with Gasteiger partial charge in [-0.3, -0.25) is 0 Å². The number of likely N-dealkylation sites (N-methyl/N-ethyl adjacent to an activating group) is 1. The van der Waals surface area contributed by atoms with Gasteiger partial charge in [-0.05, 0) is 56.6 Å². The topological polar surface area (TPSA) is 24.1 Å². The molecule has 1 rings (SSSR count). The van der Waals surface area contributed by atoms with Crippen molar-refractivity contribution in [3.8, 4) is 0 Å². The molecule has 0 aliphatic rings. The average Bonchev–Trinajstić information content (AvgIpc) is 2.33. The summed E-state index contributed by atoms with van der Waals surface area (Å²) in [6.07, 6.45) is 2.24. The first-order chi connectivity index (χ1) is 8.22. The number of benzene rings is 1. The Morgan fingerprint density at radius 3 is 1.94 bits per heavy atom. The van der Waals surface area contributed by atoms with Gasteiger partial charge in [0.25, 0.3) is 0 Å². The summed E-state index contributed by atoms with van der Waals surface area (Å²) >= 11 is 0. The molecule has 2 heteroatoms. The lowest BCUT2D eigenvalue weighted by Crippen LogP contribution is -2.22. The summed E-state index contributed by atoms with van der Waals surface area (Å²) in [7, 11) is 1.99. The second kappa shape index (κ2) is 8.26. The maximum atomic E-state index is 3.47. The standard InChI is InChI=1S/C15H26N2/c1-13(2)12-17-11-9-15-6-4-14(5-7-15)8-10-16-3/h4-7,13,16-17H,8-12H2,1-3H3. The summed E-state index contributed by atoms with van der Waals surface area (Å²) in [4.78, 5) is 0. The molecule has 0 saturated carbocycles. The van der Waals surface area contributed by atoms with Gasteiger partial charge in [0.05, 0.1) is 0 Å². The normalized spacial score (nSPS) is 11.1. The summed E-state index contributed by atoms with van der Waals surface area (Å²) in [5.74, 6) is 0.735. The molecule has 0 atom stereocenters. The molecule has 0 aliphatic heterocycles. The Balaban J connectivity index is 2.25. The molecule has 0 saturated heterocycles. The fourth-order valence-electron chi connectivity index (χ4n) is 1.77. The van der Waals surface area contributed by atoms with Crippen molar-refractivity contribution in [3.63, 3.8) is 0 Å². The first-order valence-corrected chi connectivity index (χ1v) is 6.65. The van der Waals surface area contributed by atoms with Crippen molar-refractivity contribution in [1.29, 1.82) is 0 Å². The summed E-state index contributed by atoms with van der Waals surface area (Å²) in [6, 6.07) is 8.99. The molecule has 0 fully saturated rings. The highest BCUT2D eigenvalue weighted by atomic mass is 14.8. The van der Waals surface area contributed by atoms with E-state index >= 15 is 0 Å². The number of nitrogens with one attached hydrogen (secondary N) is 2. The van der Waals surface area contributed by atoms with Gasteiger partial charge in [0.1, 0.15) is 0 Å². The Labute approximate surface area is 106 Å². The number of hydrogen-bond acceptors (Lipinski definition) is 2. The molecule has 2 nitrogen and oxygen atoms in total. The van der Waals surface area contributed by atoms with E-state index in [2.05, 4.69) is 48.7 Å². The van der Waals surface area contributed by atoms with E-state index in [4.69, 9.17) is 0 Å². The van der Waals surface area contributed by atoms with E-state index in [1.54, 1.807) is 0 Å². The van der Waals surface area contributed by atoms with Gasteiger partial charge in [-0.15, -0.1) is 0 Å². The summed E-state index contributed by atoms with van der Waals surface area (Å²) in [6.45, 7) is 7.72. The molecule has 0 heterocycles. The van der Waals surface area contributed by atoms with E-state index in [1.165, 1.54) is 11.1 Å². The van der Waals surface area contributed by atoms with Crippen LogP contribution in [0.4, 0.5) is 0 Å². The quantitative estimate of drug-likeness (QED) is 0.674. The van der Waals surface area contributed by atoms with Gasteiger partial charge >= 0.3 is 0 Å². The molecular weight excluding hydrogens is 208 g/mol. The first-order valence-electron chi connectivity index (χ1n) is 6.65. The lowest BCUT2D eigenvalue weighted by Gasteiger charge is -2.08. The fourth-order valence-corrected chi connectivity index (χ4v) is 1.77. The largest absolute Gasteiger partial charge is 0.319 e. The number of hydrogen-bond donors (Lipinski definition) is 2. The van der Waals surface area contributed by atoms with E-state index in [9.17, 15) is 0 Å². The minimum atomic E-state index is 0.735. The van der Waals surface area contributed by atoms with Gasteiger partial charge in [-0.2, -0.15) is 0 Å². The van der Waals surface area contributed by atoms with Gasteiger partial charge in [0.2, 0.25) is 0 Å². The van der Waals surface area contributed by atoms with Crippen LogP contribution < -0.4 is 10.6 Å². The van der Waals surface area contributed by atoms with Gasteiger partial charge in [-0.25, -0.2) is 0 Å². The Kier molecular flexibility index (Phi) is 6.90. The monoisotopic (exact) mass is 234 g/mol. The summed E-state index contributed by atoms with van der Waals surface area (Å²) in [5.41, 5.74) is 2.84. The van der Waals surface area contributed by atoms with Gasteiger partial charge in [0, 0.05) is 0 Å². The number of rotatable bonds is 8. The zero-order chi connectivity index (χ0) is 12.5. The van der Waals surface area contributed by atoms with E-state index < -0.39 is 0 Å². The SMILES string of the molecule is CNCCc1ccc(CCNCC(C)C)cc1. The highest BCUT2D eigenvalue weighted by molar-refractivity contribution is 5.23. The van der Waals surface area contributed by atoms with Crippen molar-refractivity contribution in [1.82, 2.24) is 10.6 Å². The zero-order valence-corrected chi connectivity index (χ0v) is 11.4. The molecule has 2 N–H and O–H groups in total. The van der Waals surface area contributed by atoms with Crippen LogP contribution in [0.3, 0.4) is 0 Å². The molecule has 0 unspecified atom stereocenters. The predicted octanol–water partition coefficient (Wildman–Crippen LogP) is 2.24. The molecule has 0 aliphatic carbocycles. The highest BCUT2D eigenvalue weighted by Gasteiger charge is 1.96. The Bertz CT molecular complexity index is 290. The minimum absolute atomic E-state index is 0.735. The first kappa shape index (κ1) is 14.2. The van der Waals surface area contributed by atoms with Crippen LogP contribution in [0.1, 0.15) is 25.0 Å². The van der Waals surface area contributed by atoms with Crippen molar-refractivity contribution >= 4 is 0 Å². The Hall–Kier alpha value is -0.860. The smallest absolute Gasteiger partial charge is 0.000824 e. The second-order valence-corrected chi connectivity index (χ2v) is 5.02. The third-order valence-electron chi connectivity index (χ3n) is 2.83. The van der Waals surface area contributed by atoms with Gasteiger partial charge in [0.15, 0.2) is 0 Å². The lowest BCUT2D eigenvalue weighted by atomic mass is 10.1. The molecule has 1 aromatic carbocycles. The molecule has 1 aromatic rings. The molecule has 17 heavy (non-hydrogen) atoms. The minimum Gasteiger partial charge on any atom is -0.319 e. The van der Waals surface area contributed by atoms with Crippen molar-refractivity contribution in [2.45, 2.75) is 26.7 Å². The van der Waals surface area contributed by atoms with Crippen molar-refractivity contribution < 1.29 is 0 Å². The van der Waals surface area contributed by atoms with Crippen LogP contribution in [0.2, 0.25) is 0 Å². The Morgan fingerprint density at radius 1 is 0.941 bits per heavy atom. The van der Waals surface area contributed by atoms with Crippen molar-refractivity contribution in [2.75, 3.05) is 26.7 Å².